The Morgan fingerprint density at radius 3 is 2.36 bits per heavy atom. The standard InChI is InChI=1S/C19H11BrCl2N2O4/c20-11-1-4-15(5-2-11)28-16-9-13(8-14(10-16)24(26)27)23-19(25)17-6-3-12(21)7-18(17)22/h1-10H,(H,23,25). The normalized spacial score (nSPS) is 10.4. The van der Waals surface area contributed by atoms with Crippen molar-refractivity contribution in [3.63, 3.8) is 0 Å². The van der Waals surface area contributed by atoms with Crippen molar-refractivity contribution in [2.75, 3.05) is 5.32 Å². The van der Waals surface area contributed by atoms with Crippen LogP contribution in [0.5, 0.6) is 11.5 Å². The van der Waals surface area contributed by atoms with E-state index in [0.717, 1.165) is 4.47 Å². The highest BCUT2D eigenvalue weighted by molar-refractivity contribution is 9.10. The zero-order chi connectivity index (χ0) is 20.3. The first-order chi connectivity index (χ1) is 13.3. The molecule has 0 bridgehead atoms. The van der Waals surface area contributed by atoms with Crippen molar-refractivity contribution in [1.29, 1.82) is 0 Å². The highest BCUT2D eigenvalue weighted by atomic mass is 79.9. The van der Waals surface area contributed by atoms with Crippen LogP contribution in [0.2, 0.25) is 10.0 Å². The molecule has 1 amide bonds. The summed E-state index contributed by atoms with van der Waals surface area (Å²) in [5.74, 6) is 0.160. The summed E-state index contributed by atoms with van der Waals surface area (Å²) in [6.07, 6.45) is 0. The van der Waals surface area contributed by atoms with Crippen LogP contribution in [0.25, 0.3) is 0 Å². The number of nitrogens with one attached hydrogen (secondary N) is 1. The summed E-state index contributed by atoms with van der Waals surface area (Å²) in [6, 6.07) is 15.4. The molecule has 1 N–H and O–H groups in total. The molecule has 0 spiro atoms. The Kier molecular flexibility index (Phi) is 6.18. The van der Waals surface area contributed by atoms with Crippen LogP contribution in [-0.2, 0) is 0 Å². The van der Waals surface area contributed by atoms with Crippen molar-refractivity contribution < 1.29 is 14.5 Å². The van der Waals surface area contributed by atoms with Gasteiger partial charge in [-0.1, -0.05) is 39.1 Å². The third-order valence-corrected chi connectivity index (χ3v) is 4.66. The second-order valence-corrected chi connectivity index (χ2v) is 7.37. The monoisotopic (exact) mass is 480 g/mol. The number of carbonyl (C=O) groups excluding carboxylic acids is 1. The van der Waals surface area contributed by atoms with Crippen molar-refractivity contribution in [1.82, 2.24) is 0 Å². The number of hydrogen-bond donors (Lipinski definition) is 1. The first-order valence-electron chi connectivity index (χ1n) is 7.81. The fourth-order valence-corrected chi connectivity index (χ4v) is 3.09. The zero-order valence-electron chi connectivity index (χ0n) is 14.0. The van der Waals surface area contributed by atoms with Gasteiger partial charge in [-0.05, 0) is 42.5 Å². The fourth-order valence-electron chi connectivity index (χ4n) is 2.33. The number of benzene rings is 3. The lowest BCUT2D eigenvalue weighted by molar-refractivity contribution is -0.384. The van der Waals surface area contributed by atoms with Gasteiger partial charge in [0.2, 0.25) is 0 Å². The van der Waals surface area contributed by atoms with Gasteiger partial charge in [0.1, 0.15) is 11.5 Å². The van der Waals surface area contributed by atoms with Crippen molar-refractivity contribution in [2.24, 2.45) is 0 Å². The molecule has 0 aliphatic carbocycles. The van der Waals surface area contributed by atoms with E-state index in [-0.39, 0.29) is 27.7 Å². The summed E-state index contributed by atoms with van der Waals surface area (Å²) >= 11 is 15.2. The Labute approximate surface area is 178 Å². The number of hydrogen-bond acceptors (Lipinski definition) is 4. The molecule has 0 unspecified atom stereocenters. The van der Waals surface area contributed by atoms with Crippen LogP contribution in [0, 0.1) is 10.1 Å². The third kappa shape index (κ3) is 5.01. The molecule has 0 radical (unpaired) electrons. The molecular formula is C19H11BrCl2N2O4. The van der Waals surface area contributed by atoms with E-state index < -0.39 is 10.8 Å². The van der Waals surface area contributed by atoms with Crippen LogP contribution in [0.1, 0.15) is 10.4 Å². The number of rotatable bonds is 5. The minimum atomic E-state index is -0.570. The number of nitro benzene ring substituents is 1. The molecule has 0 saturated carbocycles. The molecule has 0 heterocycles. The Bertz CT molecular complexity index is 1060. The number of ether oxygens (including phenoxy) is 1. The molecule has 0 aromatic heterocycles. The van der Waals surface area contributed by atoms with Crippen LogP contribution in [0.15, 0.2) is 65.1 Å². The van der Waals surface area contributed by atoms with E-state index in [2.05, 4.69) is 21.2 Å². The van der Waals surface area contributed by atoms with Crippen molar-refractivity contribution in [3.8, 4) is 11.5 Å². The summed E-state index contributed by atoms with van der Waals surface area (Å²) < 4.78 is 6.54. The van der Waals surface area contributed by atoms with Crippen LogP contribution in [-0.4, -0.2) is 10.8 Å². The van der Waals surface area contributed by atoms with Crippen LogP contribution in [0.3, 0.4) is 0 Å². The number of nitro groups is 1. The SMILES string of the molecule is O=C(Nc1cc(Oc2ccc(Br)cc2)cc([N+](=O)[O-])c1)c1ccc(Cl)cc1Cl. The molecule has 9 heteroatoms. The molecule has 0 aliphatic rings. The first-order valence-corrected chi connectivity index (χ1v) is 9.36. The molecule has 3 rings (SSSR count). The molecule has 3 aromatic carbocycles. The summed E-state index contributed by atoms with van der Waals surface area (Å²) in [5, 5.41) is 14.4. The first kappa shape index (κ1) is 20.1. The Morgan fingerprint density at radius 1 is 1.00 bits per heavy atom. The van der Waals surface area contributed by atoms with E-state index in [1.807, 2.05) is 0 Å². The van der Waals surface area contributed by atoms with E-state index in [4.69, 9.17) is 27.9 Å². The maximum absolute atomic E-state index is 12.5. The van der Waals surface area contributed by atoms with Gasteiger partial charge in [-0.3, -0.25) is 14.9 Å². The predicted molar refractivity (Wildman–Crippen MR) is 112 cm³/mol. The molecule has 0 atom stereocenters. The molecule has 0 saturated heterocycles. The van der Waals surface area contributed by atoms with Gasteiger partial charge in [0.15, 0.2) is 0 Å². The molecule has 6 nitrogen and oxygen atoms in total. The van der Waals surface area contributed by atoms with Crippen LogP contribution in [0.4, 0.5) is 11.4 Å². The quantitative estimate of drug-likeness (QED) is 0.324. The molecule has 0 fully saturated rings. The minimum Gasteiger partial charge on any atom is -0.457 e. The van der Waals surface area contributed by atoms with Gasteiger partial charge in [0.05, 0.1) is 27.3 Å². The van der Waals surface area contributed by atoms with Crippen molar-refractivity contribution in [3.05, 3.63) is 90.9 Å². The average molecular weight is 482 g/mol. The number of halogens is 3. The summed E-state index contributed by atoms with van der Waals surface area (Å²) in [5.41, 5.74) is 0.150. The molecule has 0 aliphatic heterocycles. The van der Waals surface area contributed by atoms with Gasteiger partial charge < -0.3 is 10.1 Å². The van der Waals surface area contributed by atoms with Gasteiger partial charge in [-0.25, -0.2) is 0 Å². The van der Waals surface area contributed by atoms with Gasteiger partial charge in [0.25, 0.3) is 11.6 Å². The molecule has 3 aromatic rings. The zero-order valence-corrected chi connectivity index (χ0v) is 17.1. The Balaban J connectivity index is 1.89. The topological polar surface area (TPSA) is 81.5 Å². The minimum absolute atomic E-state index is 0.168. The third-order valence-electron chi connectivity index (χ3n) is 3.59. The number of nitrogens with zero attached hydrogens (tertiary/aromatic N) is 1. The largest absolute Gasteiger partial charge is 0.457 e. The highest BCUT2D eigenvalue weighted by Crippen LogP contribution is 2.31. The van der Waals surface area contributed by atoms with Crippen LogP contribution >= 0.6 is 39.1 Å². The molecule has 28 heavy (non-hydrogen) atoms. The summed E-state index contributed by atoms with van der Waals surface area (Å²) in [7, 11) is 0. The Morgan fingerprint density at radius 2 is 1.71 bits per heavy atom. The lowest BCUT2D eigenvalue weighted by atomic mass is 10.2. The smallest absolute Gasteiger partial charge is 0.275 e. The lowest BCUT2D eigenvalue weighted by Gasteiger charge is -2.10. The van der Waals surface area contributed by atoms with Gasteiger partial charge in [-0.2, -0.15) is 0 Å². The predicted octanol–water partition coefficient (Wildman–Crippen LogP) is 6.71. The lowest BCUT2D eigenvalue weighted by Crippen LogP contribution is -2.12. The number of carbonyl (C=O) groups is 1. The number of amides is 1. The van der Waals surface area contributed by atoms with E-state index >= 15 is 0 Å². The van der Waals surface area contributed by atoms with Crippen molar-refractivity contribution >= 4 is 56.4 Å². The second kappa shape index (κ2) is 8.60. The maximum atomic E-state index is 12.5. The van der Waals surface area contributed by atoms with Crippen LogP contribution < -0.4 is 10.1 Å². The average Bonchev–Trinajstić information content (AvgIpc) is 2.63. The molecule has 142 valence electrons. The molecular weight excluding hydrogens is 471 g/mol. The fraction of sp³-hybridized carbons (Fsp3) is 0. The second-order valence-electron chi connectivity index (χ2n) is 5.61. The van der Waals surface area contributed by atoms with Gasteiger partial charge in [-0.15, -0.1) is 0 Å². The maximum Gasteiger partial charge on any atom is 0.275 e. The van der Waals surface area contributed by atoms with E-state index in [1.54, 1.807) is 24.3 Å². The number of anilines is 1. The van der Waals surface area contributed by atoms with Gasteiger partial charge in [0, 0.05) is 21.6 Å². The summed E-state index contributed by atoms with van der Waals surface area (Å²) in [4.78, 5) is 23.2. The van der Waals surface area contributed by atoms with E-state index in [0.29, 0.717) is 10.8 Å². The van der Waals surface area contributed by atoms with Crippen molar-refractivity contribution in [2.45, 2.75) is 0 Å². The highest BCUT2D eigenvalue weighted by Gasteiger charge is 2.16. The van der Waals surface area contributed by atoms with E-state index in [1.165, 1.54) is 36.4 Å². The van der Waals surface area contributed by atoms with E-state index in [9.17, 15) is 14.9 Å². The Hall–Kier alpha value is -2.61. The van der Waals surface area contributed by atoms with Gasteiger partial charge >= 0.3 is 0 Å². The summed E-state index contributed by atoms with van der Waals surface area (Å²) in [6.45, 7) is 0. The number of non-ortho nitro benzene ring substituents is 1.